The molecule has 31 heavy (non-hydrogen) atoms. The van der Waals surface area contributed by atoms with Crippen LogP contribution in [-0.4, -0.2) is 17.7 Å². The maximum absolute atomic E-state index is 12.7. The van der Waals surface area contributed by atoms with E-state index in [2.05, 4.69) is 6.92 Å². The highest BCUT2D eigenvalue weighted by Gasteiger charge is 2.26. The quantitative estimate of drug-likeness (QED) is 0.499. The van der Waals surface area contributed by atoms with Gasteiger partial charge in [-0.3, -0.25) is 0 Å². The van der Waals surface area contributed by atoms with Gasteiger partial charge in [0.05, 0.1) is 23.7 Å². The number of fused-ring (bicyclic) bond motifs is 2. The molecule has 1 saturated heterocycles. The summed E-state index contributed by atoms with van der Waals surface area (Å²) in [6.07, 6.45) is 3.48. The van der Waals surface area contributed by atoms with Gasteiger partial charge in [0.15, 0.2) is 5.58 Å². The molecule has 2 aromatic carbocycles. The van der Waals surface area contributed by atoms with Crippen molar-refractivity contribution >= 4 is 21.9 Å². The van der Waals surface area contributed by atoms with Crippen LogP contribution in [0.5, 0.6) is 5.75 Å². The molecule has 0 radical (unpaired) electrons. The Morgan fingerprint density at radius 2 is 1.87 bits per heavy atom. The van der Waals surface area contributed by atoms with Crippen molar-refractivity contribution in [2.45, 2.75) is 38.8 Å². The molecule has 1 aliphatic heterocycles. The predicted molar refractivity (Wildman–Crippen MR) is 118 cm³/mol. The maximum Gasteiger partial charge on any atom is 0.344 e. The average molecular weight is 418 g/mol. The zero-order valence-corrected chi connectivity index (χ0v) is 17.3. The summed E-state index contributed by atoms with van der Waals surface area (Å²) >= 11 is 0. The van der Waals surface area contributed by atoms with Crippen molar-refractivity contribution in [1.29, 1.82) is 0 Å². The van der Waals surface area contributed by atoms with E-state index in [4.69, 9.17) is 8.83 Å². The number of hydrogen-bond acceptors (Lipinski definition) is 5. The summed E-state index contributed by atoms with van der Waals surface area (Å²) in [7, 11) is 0. The topological polar surface area (TPSA) is 85.1 Å². The van der Waals surface area contributed by atoms with Crippen LogP contribution in [0.3, 0.4) is 0 Å². The van der Waals surface area contributed by atoms with Gasteiger partial charge in [-0.05, 0) is 50.5 Å². The van der Waals surface area contributed by atoms with E-state index in [1.807, 2.05) is 12.1 Å². The lowest BCUT2D eigenvalue weighted by molar-refractivity contribution is -0.941. The van der Waals surface area contributed by atoms with Gasteiger partial charge in [0.2, 0.25) is 0 Å². The Bertz CT molecular complexity index is 1400. The number of phenolic OH excluding ortho intramolecular Hbond substituents is 1. The summed E-state index contributed by atoms with van der Waals surface area (Å²) < 4.78 is 11.1. The first-order valence-electron chi connectivity index (χ1n) is 10.7. The molecule has 3 heterocycles. The van der Waals surface area contributed by atoms with Crippen molar-refractivity contribution in [3.8, 4) is 16.9 Å². The number of quaternary nitrogens is 1. The number of para-hydroxylation sites is 1. The van der Waals surface area contributed by atoms with Crippen molar-refractivity contribution < 1.29 is 18.8 Å². The largest absolute Gasteiger partial charge is 0.507 e. The van der Waals surface area contributed by atoms with Crippen LogP contribution in [0.15, 0.2) is 67.0 Å². The fourth-order valence-electron chi connectivity index (χ4n) is 4.66. The number of nitrogens with one attached hydrogen (secondary N) is 1. The second-order valence-corrected chi connectivity index (χ2v) is 8.39. The lowest BCUT2D eigenvalue weighted by atomic mass is 9.98. The van der Waals surface area contributed by atoms with E-state index in [1.165, 1.54) is 17.4 Å². The monoisotopic (exact) mass is 418 g/mol. The third-order valence-corrected chi connectivity index (χ3v) is 6.41. The number of rotatable bonds is 3. The first-order valence-corrected chi connectivity index (χ1v) is 10.7. The molecule has 2 aromatic heterocycles. The van der Waals surface area contributed by atoms with Crippen molar-refractivity contribution in [2.75, 3.05) is 6.54 Å². The van der Waals surface area contributed by atoms with Crippen LogP contribution in [-0.2, 0) is 6.54 Å². The van der Waals surface area contributed by atoms with Crippen LogP contribution in [0.2, 0.25) is 0 Å². The van der Waals surface area contributed by atoms with Gasteiger partial charge in [-0.2, -0.15) is 0 Å². The number of hydrogen-bond donors (Lipinski definition) is 2. The number of aromatic hydroxyl groups is 1. The van der Waals surface area contributed by atoms with Crippen LogP contribution >= 0.6 is 0 Å². The minimum atomic E-state index is -0.566. The first-order chi connectivity index (χ1) is 15.0. The third-order valence-electron chi connectivity index (χ3n) is 6.41. The molecule has 2 N–H and O–H groups in total. The molecule has 0 spiro atoms. The van der Waals surface area contributed by atoms with E-state index >= 15 is 0 Å². The molecule has 0 amide bonds. The van der Waals surface area contributed by atoms with Gasteiger partial charge < -0.3 is 18.8 Å². The van der Waals surface area contributed by atoms with Crippen molar-refractivity contribution in [1.82, 2.24) is 0 Å². The van der Waals surface area contributed by atoms with Crippen LogP contribution in [0.1, 0.15) is 31.7 Å². The number of phenols is 1. The molecule has 0 aliphatic carbocycles. The Balaban J connectivity index is 1.72. The maximum atomic E-state index is 12.7. The molecule has 1 fully saturated rings. The standard InChI is InChI=1S/C25H23NO5/c1-15-6-4-5-11-26(15)14-20-21(27)10-9-17-18(13-23(28)31-24(17)20)19-12-16-7-2-3-8-22(16)30-25(19)29/h2-3,7-10,12-13,15,27H,4-6,11,14H2,1H3/p+1/t15-/m1/s1. The van der Waals surface area contributed by atoms with Crippen molar-refractivity contribution in [2.24, 2.45) is 0 Å². The molecule has 4 aromatic rings. The van der Waals surface area contributed by atoms with E-state index in [9.17, 15) is 14.7 Å². The molecule has 2 atom stereocenters. The summed E-state index contributed by atoms with van der Waals surface area (Å²) in [4.78, 5) is 26.6. The highest BCUT2D eigenvalue weighted by atomic mass is 16.4. The van der Waals surface area contributed by atoms with Crippen LogP contribution < -0.4 is 16.2 Å². The molecule has 6 heteroatoms. The highest BCUT2D eigenvalue weighted by molar-refractivity contribution is 5.96. The summed E-state index contributed by atoms with van der Waals surface area (Å²) in [6, 6.07) is 14.1. The molecule has 5 rings (SSSR count). The molecule has 158 valence electrons. The summed E-state index contributed by atoms with van der Waals surface area (Å²) in [6.45, 7) is 3.77. The second kappa shape index (κ2) is 7.71. The second-order valence-electron chi connectivity index (χ2n) is 8.39. The third kappa shape index (κ3) is 3.53. The van der Waals surface area contributed by atoms with Crippen LogP contribution in [0.25, 0.3) is 33.1 Å². The summed E-state index contributed by atoms with van der Waals surface area (Å²) in [5.74, 6) is 0.101. The predicted octanol–water partition coefficient (Wildman–Crippen LogP) is 3.23. The number of piperidine rings is 1. The fraction of sp³-hybridized carbons (Fsp3) is 0.280. The van der Waals surface area contributed by atoms with Gasteiger partial charge in [0, 0.05) is 22.4 Å². The molecule has 6 nitrogen and oxygen atoms in total. The number of likely N-dealkylation sites (tertiary alicyclic amines) is 1. The molecular formula is C25H24NO5+. The van der Waals surface area contributed by atoms with E-state index in [-0.39, 0.29) is 5.75 Å². The van der Waals surface area contributed by atoms with E-state index in [0.717, 1.165) is 24.8 Å². The zero-order chi connectivity index (χ0) is 21.5. The average Bonchev–Trinajstić information content (AvgIpc) is 2.76. The minimum absolute atomic E-state index is 0.101. The Labute approximate surface area is 178 Å². The lowest BCUT2D eigenvalue weighted by Crippen LogP contribution is -3.14. The van der Waals surface area contributed by atoms with E-state index in [1.54, 1.807) is 30.3 Å². The Morgan fingerprint density at radius 3 is 2.71 bits per heavy atom. The van der Waals surface area contributed by atoms with Gasteiger partial charge in [0.1, 0.15) is 17.9 Å². The zero-order valence-electron chi connectivity index (χ0n) is 17.3. The summed E-state index contributed by atoms with van der Waals surface area (Å²) in [5.41, 5.74) is 1.09. The van der Waals surface area contributed by atoms with Gasteiger partial charge in [0.25, 0.3) is 0 Å². The Morgan fingerprint density at radius 1 is 1.03 bits per heavy atom. The Hall–Kier alpha value is -3.38. The minimum Gasteiger partial charge on any atom is -0.507 e. The van der Waals surface area contributed by atoms with Crippen LogP contribution in [0, 0.1) is 0 Å². The van der Waals surface area contributed by atoms with E-state index < -0.39 is 11.3 Å². The van der Waals surface area contributed by atoms with Gasteiger partial charge in [-0.1, -0.05) is 18.2 Å². The van der Waals surface area contributed by atoms with Crippen molar-refractivity contribution in [3.63, 3.8) is 0 Å². The fourth-order valence-corrected chi connectivity index (χ4v) is 4.66. The SMILES string of the molecule is C[C@@H]1CCCC[NH+]1Cc1c(O)ccc2c(-c3cc4ccccc4oc3=O)cc(=O)oc12. The van der Waals surface area contributed by atoms with Gasteiger partial charge in [-0.25, -0.2) is 9.59 Å². The van der Waals surface area contributed by atoms with Crippen LogP contribution in [0.4, 0.5) is 0 Å². The normalized spacial score (nSPS) is 19.1. The molecule has 0 bridgehead atoms. The van der Waals surface area contributed by atoms with Gasteiger partial charge >= 0.3 is 11.3 Å². The smallest absolute Gasteiger partial charge is 0.344 e. The molecule has 0 saturated carbocycles. The lowest BCUT2D eigenvalue weighted by Gasteiger charge is -2.30. The highest BCUT2D eigenvalue weighted by Crippen LogP contribution is 2.32. The van der Waals surface area contributed by atoms with Gasteiger partial charge in [-0.15, -0.1) is 0 Å². The molecular weight excluding hydrogens is 394 g/mol. The van der Waals surface area contributed by atoms with E-state index in [0.29, 0.717) is 45.8 Å². The molecule has 1 aliphatic rings. The number of benzene rings is 2. The van der Waals surface area contributed by atoms with Crippen molar-refractivity contribution in [3.05, 3.63) is 74.9 Å². The first kappa shape index (κ1) is 19.6. The molecule has 1 unspecified atom stereocenters. The Kier molecular flexibility index (Phi) is 4.87. The summed E-state index contributed by atoms with van der Waals surface area (Å²) in [5, 5.41) is 12.0.